The lowest BCUT2D eigenvalue weighted by Crippen LogP contribution is -2.35. The van der Waals surface area contributed by atoms with Gasteiger partial charge in [0.2, 0.25) is 0 Å². The van der Waals surface area contributed by atoms with Gasteiger partial charge in [0.15, 0.2) is 0 Å². The number of aryl methyl sites for hydroxylation is 1. The second-order valence-electron chi connectivity index (χ2n) is 3.70. The van der Waals surface area contributed by atoms with E-state index in [1.807, 2.05) is 38.1 Å². The Kier molecular flexibility index (Phi) is 4.31. The maximum atomic E-state index is 11.7. The Hall–Kier alpha value is -1.35. The van der Waals surface area contributed by atoms with Crippen LogP contribution in [0.2, 0.25) is 0 Å². The van der Waals surface area contributed by atoms with E-state index in [2.05, 4.69) is 5.32 Å². The normalized spacial score (nSPS) is 12.2. The molecule has 0 bridgehead atoms. The van der Waals surface area contributed by atoms with Gasteiger partial charge in [-0.05, 0) is 26.0 Å². The fraction of sp³-hybridized carbons (Fsp3) is 0.417. The van der Waals surface area contributed by atoms with Crippen LogP contribution in [0, 0.1) is 6.92 Å². The van der Waals surface area contributed by atoms with E-state index >= 15 is 0 Å². The summed E-state index contributed by atoms with van der Waals surface area (Å²) in [4.78, 5) is 11.7. The van der Waals surface area contributed by atoms with Crippen LogP contribution in [0.3, 0.4) is 0 Å². The van der Waals surface area contributed by atoms with Gasteiger partial charge in [-0.15, -0.1) is 0 Å². The lowest BCUT2D eigenvalue weighted by molar-refractivity contribution is 0.0905. The zero-order valence-electron chi connectivity index (χ0n) is 9.41. The smallest absolute Gasteiger partial charge is 0.251 e. The van der Waals surface area contributed by atoms with Gasteiger partial charge in [-0.3, -0.25) is 4.79 Å². The summed E-state index contributed by atoms with van der Waals surface area (Å²) in [6.07, 6.45) is 0. The van der Waals surface area contributed by atoms with E-state index in [1.54, 1.807) is 7.11 Å². The van der Waals surface area contributed by atoms with Crippen LogP contribution < -0.4 is 5.32 Å². The van der Waals surface area contributed by atoms with E-state index in [0.29, 0.717) is 12.2 Å². The van der Waals surface area contributed by atoms with Crippen LogP contribution in [0.15, 0.2) is 24.3 Å². The Bertz CT molecular complexity index is 336. The van der Waals surface area contributed by atoms with Crippen LogP contribution in [-0.4, -0.2) is 25.7 Å². The minimum atomic E-state index is -0.0525. The first-order valence-corrected chi connectivity index (χ1v) is 5.00. The molecule has 0 aliphatic rings. The molecule has 0 unspecified atom stereocenters. The van der Waals surface area contributed by atoms with Crippen molar-refractivity contribution in [3.8, 4) is 0 Å². The number of carbonyl (C=O) groups excluding carboxylic acids is 1. The van der Waals surface area contributed by atoms with Crippen molar-refractivity contribution in [3.05, 3.63) is 35.4 Å². The van der Waals surface area contributed by atoms with Gasteiger partial charge >= 0.3 is 0 Å². The first-order chi connectivity index (χ1) is 7.13. The van der Waals surface area contributed by atoms with Gasteiger partial charge < -0.3 is 10.1 Å². The number of hydrogen-bond acceptors (Lipinski definition) is 2. The number of carbonyl (C=O) groups is 1. The summed E-state index contributed by atoms with van der Waals surface area (Å²) >= 11 is 0. The van der Waals surface area contributed by atoms with Crippen molar-refractivity contribution in [1.82, 2.24) is 5.32 Å². The summed E-state index contributed by atoms with van der Waals surface area (Å²) < 4.78 is 4.95. The highest BCUT2D eigenvalue weighted by Crippen LogP contribution is 2.03. The molecule has 82 valence electrons. The lowest BCUT2D eigenvalue weighted by atomic mass is 10.1. The van der Waals surface area contributed by atoms with Crippen LogP contribution in [-0.2, 0) is 4.74 Å². The molecule has 0 spiro atoms. The van der Waals surface area contributed by atoms with Crippen molar-refractivity contribution in [1.29, 1.82) is 0 Å². The lowest BCUT2D eigenvalue weighted by Gasteiger charge is -2.12. The van der Waals surface area contributed by atoms with Crippen molar-refractivity contribution in [2.45, 2.75) is 19.9 Å². The van der Waals surface area contributed by atoms with E-state index in [9.17, 15) is 4.79 Å². The molecule has 0 heterocycles. The quantitative estimate of drug-likeness (QED) is 0.817. The van der Waals surface area contributed by atoms with E-state index in [4.69, 9.17) is 4.74 Å². The second kappa shape index (κ2) is 5.51. The van der Waals surface area contributed by atoms with Gasteiger partial charge in [0.1, 0.15) is 0 Å². The average Bonchev–Trinajstić information content (AvgIpc) is 2.18. The number of benzene rings is 1. The molecule has 1 aromatic rings. The van der Waals surface area contributed by atoms with Gasteiger partial charge in [0.05, 0.1) is 6.61 Å². The molecule has 0 radical (unpaired) electrons. The van der Waals surface area contributed by atoms with Crippen molar-refractivity contribution in [2.75, 3.05) is 13.7 Å². The molecule has 1 amide bonds. The predicted molar refractivity (Wildman–Crippen MR) is 60.0 cm³/mol. The van der Waals surface area contributed by atoms with E-state index < -0.39 is 0 Å². The van der Waals surface area contributed by atoms with Gasteiger partial charge in [0, 0.05) is 18.7 Å². The number of hydrogen-bond donors (Lipinski definition) is 1. The molecule has 15 heavy (non-hydrogen) atoms. The Balaban J connectivity index is 2.61. The van der Waals surface area contributed by atoms with E-state index in [1.165, 1.54) is 0 Å². The highest BCUT2D eigenvalue weighted by Gasteiger charge is 2.08. The third kappa shape index (κ3) is 3.72. The van der Waals surface area contributed by atoms with Crippen molar-refractivity contribution >= 4 is 5.91 Å². The Labute approximate surface area is 90.4 Å². The number of rotatable bonds is 4. The summed E-state index contributed by atoms with van der Waals surface area (Å²) in [6.45, 7) is 4.41. The molecule has 1 rings (SSSR count). The minimum Gasteiger partial charge on any atom is -0.383 e. The van der Waals surface area contributed by atoms with Gasteiger partial charge in [-0.1, -0.05) is 17.7 Å². The molecule has 3 heteroatoms. The number of ether oxygens (including phenoxy) is 1. The van der Waals surface area contributed by atoms with Gasteiger partial charge in [-0.25, -0.2) is 0 Å². The van der Waals surface area contributed by atoms with Crippen LogP contribution in [0.25, 0.3) is 0 Å². The summed E-state index contributed by atoms with van der Waals surface area (Å²) in [5.74, 6) is -0.0525. The number of methoxy groups -OCH3 is 1. The Morgan fingerprint density at radius 2 is 2.27 bits per heavy atom. The Morgan fingerprint density at radius 1 is 1.53 bits per heavy atom. The summed E-state index contributed by atoms with van der Waals surface area (Å²) in [5, 5.41) is 2.86. The molecule has 0 saturated heterocycles. The van der Waals surface area contributed by atoms with Crippen LogP contribution >= 0.6 is 0 Å². The molecule has 3 nitrogen and oxygen atoms in total. The third-order valence-electron chi connectivity index (χ3n) is 2.07. The largest absolute Gasteiger partial charge is 0.383 e. The summed E-state index contributed by atoms with van der Waals surface area (Å²) in [7, 11) is 1.62. The zero-order valence-corrected chi connectivity index (χ0v) is 9.41. The minimum absolute atomic E-state index is 0.0306. The molecule has 0 saturated carbocycles. The zero-order chi connectivity index (χ0) is 11.3. The maximum Gasteiger partial charge on any atom is 0.251 e. The van der Waals surface area contributed by atoms with Crippen molar-refractivity contribution in [3.63, 3.8) is 0 Å². The molecule has 0 aliphatic heterocycles. The second-order valence-corrected chi connectivity index (χ2v) is 3.70. The van der Waals surface area contributed by atoms with Crippen molar-refractivity contribution in [2.24, 2.45) is 0 Å². The first-order valence-electron chi connectivity index (χ1n) is 5.00. The summed E-state index contributed by atoms with van der Waals surface area (Å²) in [5.41, 5.74) is 1.78. The third-order valence-corrected chi connectivity index (χ3v) is 2.07. The topological polar surface area (TPSA) is 38.3 Å². The molecule has 0 aliphatic carbocycles. The maximum absolute atomic E-state index is 11.7. The van der Waals surface area contributed by atoms with Crippen LogP contribution in [0.4, 0.5) is 0 Å². The highest BCUT2D eigenvalue weighted by atomic mass is 16.5. The fourth-order valence-corrected chi connectivity index (χ4v) is 1.39. The van der Waals surface area contributed by atoms with Gasteiger partial charge in [-0.2, -0.15) is 0 Å². The van der Waals surface area contributed by atoms with Crippen LogP contribution in [0.1, 0.15) is 22.8 Å². The molecular weight excluding hydrogens is 190 g/mol. The predicted octanol–water partition coefficient (Wildman–Crippen LogP) is 1.76. The fourth-order valence-electron chi connectivity index (χ4n) is 1.39. The van der Waals surface area contributed by atoms with Gasteiger partial charge in [0.25, 0.3) is 5.91 Å². The first kappa shape index (κ1) is 11.7. The number of amides is 1. The van der Waals surface area contributed by atoms with E-state index in [0.717, 1.165) is 5.56 Å². The standard InChI is InChI=1S/C12H17NO2/c1-9-5-4-6-11(7-9)12(14)13-10(2)8-15-3/h4-7,10H,8H2,1-3H3,(H,13,14)/t10-/m0/s1. The molecule has 1 aromatic carbocycles. The van der Waals surface area contributed by atoms with Crippen molar-refractivity contribution < 1.29 is 9.53 Å². The Morgan fingerprint density at radius 3 is 2.87 bits per heavy atom. The molecule has 0 fully saturated rings. The monoisotopic (exact) mass is 207 g/mol. The molecule has 0 aromatic heterocycles. The molecule has 1 atom stereocenters. The highest BCUT2D eigenvalue weighted by molar-refractivity contribution is 5.94. The molecular formula is C12H17NO2. The molecule has 1 N–H and O–H groups in total. The number of nitrogens with one attached hydrogen (secondary N) is 1. The summed E-state index contributed by atoms with van der Waals surface area (Å²) in [6, 6.07) is 7.56. The van der Waals surface area contributed by atoms with E-state index in [-0.39, 0.29) is 11.9 Å². The SMILES string of the molecule is COC[C@H](C)NC(=O)c1cccc(C)c1. The van der Waals surface area contributed by atoms with Crippen LogP contribution in [0.5, 0.6) is 0 Å². The average molecular weight is 207 g/mol.